The van der Waals surface area contributed by atoms with Crippen LogP contribution in [0, 0.1) is 6.92 Å². The molecule has 1 aromatic heterocycles. The summed E-state index contributed by atoms with van der Waals surface area (Å²) < 4.78 is 60.2. The van der Waals surface area contributed by atoms with Crippen LogP contribution in [-0.4, -0.2) is 19.2 Å². The van der Waals surface area contributed by atoms with Crippen molar-refractivity contribution in [3.05, 3.63) is 99.0 Å². The molecule has 0 aliphatic rings. The fourth-order valence-corrected chi connectivity index (χ4v) is 3.66. The molecule has 0 aliphatic carbocycles. The van der Waals surface area contributed by atoms with Crippen molar-refractivity contribution in [2.45, 2.75) is 25.4 Å². The Balaban J connectivity index is 1.87. The summed E-state index contributed by atoms with van der Waals surface area (Å²) >= 11 is -2.00. The summed E-state index contributed by atoms with van der Waals surface area (Å²) in [7, 11) is 0. The van der Waals surface area contributed by atoms with Gasteiger partial charge in [-0.2, -0.15) is 13.2 Å². The van der Waals surface area contributed by atoms with E-state index in [1.807, 2.05) is 0 Å². The average molecular weight is 464 g/mol. The van der Waals surface area contributed by atoms with Crippen LogP contribution in [0.5, 0.6) is 0 Å². The van der Waals surface area contributed by atoms with E-state index in [1.165, 1.54) is 24.3 Å². The number of hydrogen-bond acceptors (Lipinski definition) is 3. The van der Waals surface area contributed by atoms with Crippen molar-refractivity contribution in [2.75, 3.05) is 0 Å². The zero-order valence-corrected chi connectivity index (χ0v) is 17.7. The highest BCUT2D eigenvalue weighted by Crippen LogP contribution is 2.30. The molecule has 168 valence electrons. The summed E-state index contributed by atoms with van der Waals surface area (Å²) in [6.45, 7) is 1.61. The van der Waals surface area contributed by atoms with Gasteiger partial charge in [-0.3, -0.25) is 14.2 Å². The second-order valence-corrected chi connectivity index (χ2v) is 7.98. The van der Waals surface area contributed by atoms with Crippen molar-refractivity contribution in [2.24, 2.45) is 0 Å². The van der Waals surface area contributed by atoms with E-state index in [1.54, 1.807) is 31.2 Å². The largest absolute Gasteiger partial charge is 0.416 e. The van der Waals surface area contributed by atoms with Crippen molar-refractivity contribution >= 4 is 17.0 Å². The number of amides is 1. The molecule has 2 aromatic carbocycles. The Kier molecular flexibility index (Phi) is 6.95. The number of carbonyl (C=O) groups excluding carboxylic acids is 1. The molecule has 1 heterocycles. The molecule has 3 aromatic rings. The van der Waals surface area contributed by atoms with Gasteiger partial charge in [0.1, 0.15) is 5.56 Å². The van der Waals surface area contributed by atoms with E-state index in [0.717, 1.165) is 16.7 Å². The first-order chi connectivity index (χ1) is 15.1. The van der Waals surface area contributed by atoms with E-state index in [-0.39, 0.29) is 23.5 Å². The van der Waals surface area contributed by atoms with Crippen molar-refractivity contribution in [3.8, 4) is 5.69 Å². The van der Waals surface area contributed by atoms with Crippen LogP contribution in [0.25, 0.3) is 5.69 Å². The molecule has 10 heteroatoms. The minimum atomic E-state index is -4.57. The molecule has 1 unspecified atom stereocenters. The maximum Gasteiger partial charge on any atom is 0.416 e. The quantitative estimate of drug-likeness (QED) is 0.543. The number of aryl methyl sites for hydroxylation is 1. The molecule has 1 amide bonds. The van der Waals surface area contributed by atoms with E-state index in [9.17, 15) is 27.0 Å². The second-order valence-electron chi connectivity index (χ2n) is 7.05. The monoisotopic (exact) mass is 464 g/mol. The molecule has 32 heavy (non-hydrogen) atoms. The van der Waals surface area contributed by atoms with Crippen molar-refractivity contribution in [1.82, 2.24) is 9.88 Å². The van der Waals surface area contributed by atoms with Crippen molar-refractivity contribution < 1.29 is 26.7 Å². The number of nitrogens with one attached hydrogen (secondary N) is 1. The number of carbonyl (C=O) groups is 1. The zero-order valence-electron chi connectivity index (χ0n) is 16.8. The molecule has 0 aliphatic heterocycles. The molecular formula is C22H19F3N2O4S. The van der Waals surface area contributed by atoms with Crippen LogP contribution in [0.15, 0.2) is 65.5 Å². The second kappa shape index (κ2) is 9.49. The number of nitrogens with zero attached hydrogens (tertiary/aromatic N) is 1. The van der Waals surface area contributed by atoms with Crippen molar-refractivity contribution in [1.29, 1.82) is 0 Å². The third-order valence-electron chi connectivity index (χ3n) is 4.69. The molecule has 2 N–H and O–H groups in total. The molecule has 1 atom stereocenters. The fraction of sp³-hybridized carbons (Fsp3) is 0.182. The summed E-state index contributed by atoms with van der Waals surface area (Å²) in [4.78, 5) is 25.6. The summed E-state index contributed by atoms with van der Waals surface area (Å²) in [6.07, 6.45) is -4.57. The third kappa shape index (κ3) is 5.51. The van der Waals surface area contributed by atoms with Crippen molar-refractivity contribution in [3.63, 3.8) is 0 Å². The average Bonchev–Trinajstić information content (AvgIpc) is 2.71. The van der Waals surface area contributed by atoms with Crippen LogP contribution < -0.4 is 10.9 Å². The molecule has 0 saturated carbocycles. The number of alkyl halides is 3. The normalized spacial score (nSPS) is 12.4. The van der Waals surface area contributed by atoms with Gasteiger partial charge in [0, 0.05) is 17.9 Å². The summed E-state index contributed by atoms with van der Waals surface area (Å²) in [5.74, 6) is -0.742. The smallest absolute Gasteiger partial charge is 0.348 e. The molecular weight excluding hydrogens is 445 g/mol. The highest BCUT2D eigenvalue weighted by atomic mass is 32.2. The SMILES string of the molecule is Cc1ccc(C(=O)NCc2cccc(CS(=O)O)c2)c(=O)n1-c1cccc(C(F)(F)F)c1. The van der Waals surface area contributed by atoms with Crippen LogP contribution >= 0.6 is 0 Å². The fourth-order valence-electron chi connectivity index (χ4n) is 3.19. The molecule has 0 radical (unpaired) electrons. The molecule has 0 fully saturated rings. The highest BCUT2D eigenvalue weighted by molar-refractivity contribution is 7.78. The van der Waals surface area contributed by atoms with Crippen LogP contribution in [0.2, 0.25) is 0 Å². The Labute approximate surface area is 184 Å². The third-order valence-corrected chi connectivity index (χ3v) is 5.27. The standard InChI is InChI=1S/C22H19F3N2O4S/c1-14-8-9-19(20(28)26-12-15-4-2-5-16(10-15)13-32(30)31)21(29)27(14)18-7-3-6-17(11-18)22(23,24)25/h2-11H,12-13H2,1H3,(H,26,28)(H,30,31). The number of pyridine rings is 1. The number of halogens is 3. The van der Waals surface area contributed by atoms with E-state index < -0.39 is 34.3 Å². The molecule has 0 spiro atoms. The van der Waals surface area contributed by atoms with Gasteiger partial charge in [0.15, 0.2) is 11.1 Å². The number of hydrogen-bond donors (Lipinski definition) is 2. The predicted octanol–water partition coefficient (Wildman–Crippen LogP) is 3.82. The lowest BCUT2D eigenvalue weighted by Crippen LogP contribution is -2.33. The van der Waals surface area contributed by atoms with Gasteiger partial charge >= 0.3 is 6.18 Å². The van der Waals surface area contributed by atoms with Gasteiger partial charge < -0.3 is 9.87 Å². The summed E-state index contributed by atoms with van der Waals surface area (Å²) in [5.41, 5.74) is -0.226. The first kappa shape index (κ1) is 23.4. The molecule has 3 rings (SSSR count). The Morgan fingerprint density at radius 2 is 1.75 bits per heavy atom. The molecule has 0 bridgehead atoms. The van der Waals surface area contributed by atoms with Gasteiger partial charge in [-0.15, -0.1) is 0 Å². The lowest BCUT2D eigenvalue weighted by Gasteiger charge is -2.14. The zero-order chi connectivity index (χ0) is 23.5. The summed E-state index contributed by atoms with van der Waals surface area (Å²) in [5, 5.41) is 2.60. The Morgan fingerprint density at radius 1 is 1.06 bits per heavy atom. The van der Waals surface area contributed by atoms with Crippen LogP contribution in [-0.2, 0) is 29.6 Å². The Hall–Kier alpha value is -3.24. The minimum Gasteiger partial charge on any atom is -0.348 e. The maximum absolute atomic E-state index is 13.1. The van der Waals surface area contributed by atoms with Gasteiger partial charge in [0.05, 0.1) is 11.3 Å². The van der Waals surface area contributed by atoms with Crippen LogP contribution in [0.4, 0.5) is 13.2 Å². The van der Waals surface area contributed by atoms with Gasteiger partial charge in [-0.05, 0) is 48.4 Å². The van der Waals surface area contributed by atoms with Gasteiger partial charge in [-0.1, -0.05) is 30.3 Å². The Bertz CT molecular complexity index is 1240. The van der Waals surface area contributed by atoms with E-state index in [4.69, 9.17) is 4.55 Å². The van der Waals surface area contributed by atoms with E-state index >= 15 is 0 Å². The highest BCUT2D eigenvalue weighted by Gasteiger charge is 2.30. The maximum atomic E-state index is 13.1. The molecule has 0 saturated heterocycles. The topological polar surface area (TPSA) is 88.4 Å². The van der Waals surface area contributed by atoms with Crippen LogP contribution in [0.1, 0.15) is 32.7 Å². The predicted molar refractivity (Wildman–Crippen MR) is 114 cm³/mol. The number of rotatable bonds is 6. The number of aromatic nitrogens is 1. The van der Waals surface area contributed by atoms with Crippen LogP contribution in [0.3, 0.4) is 0 Å². The lowest BCUT2D eigenvalue weighted by atomic mass is 10.1. The number of benzene rings is 2. The summed E-state index contributed by atoms with van der Waals surface area (Å²) in [6, 6.07) is 13.8. The van der Waals surface area contributed by atoms with Gasteiger partial charge in [0.25, 0.3) is 11.5 Å². The van der Waals surface area contributed by atoms with E-state index in [2.05, 4.69) is 5.32 Å². The van der Waals surface area contributed by atoms with Gasteiger partial charge in [0.2, 0.25) is 0 Å². The lowest BCUT2D eigenvalue weighted by molar-refractivity contribution is -0.137. The molecule has 6 nitrogen and oxygen atoms in total. The first-order valence-electron chi connectivity index (χ1n) is 9.40. The first-order valence-corrected chi connectivity index (χ1v) is 10.7. The minimum absolute atomic E-state index is 0.00156. The van der Waals surface area contributed by atoms with E-state index in [0.29, 0.717) is 16.8 Å². The Morgan fingerprint density at radius 3 is 2.44 bits per heavy atom. The van der Waals surface area contributed by atoms with Gasteiger partial charge in [-0.25, -0.2) is 4.21 Å².